The number of para-hydroxylation sites is 2. The first-order valence-corrected chi connectivity index (χ1v) is 17.7. The fraction of sp³-hybridized carbons (Fsp3) is 0.119. The molecule has 1 aliphatic rings. The molecular formula is C42H45ClN8O6. The molecule has 0 aliphatic heterocycles. The van der Waals surface area contributed by atoms with Crippen molar-refractivity contribution in [3.8, 4) is 0 Å². The summed E-state index contributed by atoms with van der Waals surface area (Å²) < 4.78 is 0. The number of hydrogen-bond donors (Lipinski definition) is 3. The maximum absolute atomic E-state index is 10.3. The van der Waals surface area contributed by atoms with Gasteiger partial charge in [0.05, 0.1) is 32.0 Å². The highest BCUT2D eigenvalue weighted by Crippen LogP contribution is 2.26. The number of nitro benzene ring substituents is 3. The monoisotopic (exact) mass is 792 g/mol. The molecule has 57 heavy (non-hydrogen) atoms. The number of allylic oxidation sites excluding steroid dienone is 4. The molecule has 6 N–H and O–H groups in total. The molecule has 1 aromatic heterocycles. The molecule has 0 unspecified atom stereocenters. The number of nitro groups is 3. The van der Waals surface area contributed by atoms with Crippen molar-refractivity contribution >= 4 is 62.3 Å². The molecule has 0 saturated heterocycles. The first kappa shape index (κ1) is 45.8. The van der Waals surface area contributed by atoms with E-state index in [0.29, 0.717) is 5.02 Å². The average Bonchev–Trinajstić information content (AvgIpc) is 3.81. The predicted octanol–water partition coefficient (Wildman–Crippen LogP) is 10.2. The lowest BCUT2D eigenvalue weighted by Crippen LogP contribution is -2.07. The van der Waals surface area contributed by atoms with Crippen molar-refractivity contribution in [2.45, 2.75) is 19.8 Å². The molecule has 0 spiro atoms. The van der Waals surface area contributed by atoms with Crippen LogP contribution in [0.5, 0.6) is 0 Å². The summed E-state index contributed by atoms with van der Waals surface area (Å²) in [5.41, 5.74) is 19.6. The van der Waals surface area contributed by atoms with Crippen LogP contribution in [0.4, 0.5) is 39.8 Å². The Bertz CT molecular complexity index is 2220. The van der Waals surface area contributed by atoms with Crippen LogP contribution in [0.15, 0.2) is 158 Å². The number of halogens is 1. The molecular weight excluding hydrogens is 748 g/mol. The highest BCUT2D eigenvalue weighted by Gasteiger charge is 2.17. The molecule has 1 heterocycles. The second kappa shape index (κ2) is 24.9. The van der Waals surface area contributed by atoms with Crippen LogP contribution >= 0.6 is 11.6 Å². The minimum absolute atomic E-state index is 0.0874. The molecule has 1 aliphatic carbocycles. The maximum atomic E-state index is 10.3. The van der Waals surface area contributed by atoms with E-state index < -0.39 is 20.5 Å². The molecule has 296 valence electrons. The van der Waals surface area contributed by atoms with Crippen molar-refractivity contribution in [3.63, 3.8) is 0 Å². The van der Waals surface area contributed by atoms with Crippen molar-refractivity contribution in [1.29, 1.82) is 0 Å². The number of nitrogens with two attached hydrogens (primary N) is 3. The van der Waals surface area contributed by atoms with E-state index in [-0.39, 0.29) is 22.7 Å². The number of anilines is 4. The first-order chi connectivity index (χ1) is 27.2. The number of pyridine rings is 1. The van der Waals surface area contributed by atoms with Gasteiger partial charge in [0, 0.05) is 48.5 Å². The number of aryl methyl sites for hydroxylation is 1. The van der Waals surface area contributed by atoms with Gasteiger partial charge < -0.3 is 22.1 Å². The van der Waals surface area contributed by atoms with Crippen LogP contribution in [-0.4, -0.2) is 33.8 Å². The molecule has 0 bridgehead atoms. The lowest BCUT2D eigenvalue weighted by Gasteiger charge is -2.10. The Balaban J connectivity index is 0.000000240. The molecule has 14 nitrogen and oxygen atoms in total. The lowest BCUT2D eigenvalue weighted by molar-refractivity contribution is -0.393. The Kier molecular flexibility index (Phi) is 20.0. The van der Waals surface area contributed by atoms with Crippen LogP contribution in [0.2, 0.25) is 5.02 Å². The van der Waals surface area contributed by atoms with Crippen molar-refractivity contribution in [3.05, 3.63) is 199 Å². The van der Waals surface area contributed by atoms with E-state index in [1.807, 2.05) is 68.7 Å². The number of benzene rings is 5. The molecule has 0 fully saturated rings. The number of hydrogen-bond acceptors (Lipinski definition) is 11. The second-order valence-electron chi connectivity index (χ2n) is 11.8. The number of rotatable bonds is 5. The van der Waals surface area contributed by atoms with Gasteiger partial charge in [-0.3, -0.25) is 35.3 Å². The number of nitrogens with zero attached hydrogens (tertiary/aromatic N) is 5. The first-order valence-electron chi connectivity index (χ1n) is 17.3. The van der Waals surface area contributed by atoms with E-state index in [1.54, 1.807) is 6.20 Å². The normalized spacial score (nSPS) is 10.2. The van der Waals surface area contributed by atoms with Crippen LogP contribution < -0.4 is 22.1 Å². The summed E-state index contributed by atoms with van der Waals surface area (Å²) in [4.78, 5) is 35.0. The summed E-state index contributed by atoms with van der Waals surface area (Å²) in [5.74, 6) is 0. The topological polar surface area (TPSA) is 224 Å². The fourth-order valence-corrected chi connectivity index (χ4v) is 4.61. The minimum Gasteiger partial charge on any atom is -0.397 e. The Morgan fingerprint density at radius 3 is 1.63 bits per heavy atom. The van der Waals surface area contributed by atoms with Crippen LogP contribution in [0, 0.1) is 30.3 Å². The summed E-state index contributed by atoms with van der Waals surface area (Å²) in [6, 6.07) is 37.6. The predicted molar refractivity (Wildman–Crippen MR) is 232 cm³/mol. The Morgan fingerprint density at radius 1 is 0.649 bits per heavy atom. The fourth-order valence-electron chi connectivity index (χ4n) is 4.44. The molecule has 15 heteroatoms. The van der Waals surface area contributed by atoms with Gasteiger partial charge in [-0.2, -0.15) is 0 Å². The minimum atomic E-state index is -0.762. The summed E-state index contributed by atoms with van der Waals surface area (Å²) in [5, 5.41) is 32.2. The molecule has 6 aromatic rings. The van der Waals surface area contributed by atoms with E-state index >= 15 is 0 Å². The quantitative estimate of drug-likeness (QED) is 0.0845. The van der Waals surface area contributed by atoms with E-state index in [0.717, 1.165) is 47.6 Å². The molecule has 0 amide bonds. The third-order valence-corrected chi connectivity index (χ3v) is 7.69. The number of non-ortho nitro benzene ring substituents is 1. The zero-order chi connectivity index (χ0) is 42.2. The van der Waals surface area contributed by atoms with Crippen molar-refractivity contribution in [1.82, 2.24) is 4.98 Å². The summed E-state index contributed by atoms with van der Waals surface area (Å²) >= 11 is 5.50. The van der Waals surface area contributed by atoms with Gasteiger partial charge in [0.15, 0.2) is 0 Å². The molecule has 7 rings (SSSR count). The van der Waals surface area contributed by atoms with E-state index in [2.05, 4.69) is 77.5 Å². The third-order valence-electron chi connectivity index (χ3n) is 7.45. The summed E-state index contributed by atoms with van der Waals surface area (Å²) in [6.45, 7) is 2.16. The molecule has 5 aromatic carbocycles. The van der Waals surface area contributed by atoms with Crippen molar-refractivity contribution in [2.75, 3.05) is 36.2 Å². The van der Waals surface area contributed by atoms with E-state index in [9.17, 15) is 30.3 Å². The van der Waals surface area contributed by atoms with Crippen LogP contribution in [0.3, 0.4) is 0 Å². The standard InChI is InChI=1S/C9H8N2.C8H11N.C8H10.C6H5ClN2O2.C6H5N3O4.C5H6/c10-8-5-1-3-7-4-2-6-11-9(7)8;1-9(2)8-6-4-3-5-7-8;1-2-8-6-4-3-5-7-8;7-4-1-2-5(8)6(3-4)9(10)11;7-5-2-1-4(8(10)11)3-6(5)9(12)13;1-2-4-5-3-1/h1-6H,10H2;3-7H,1-2H3;3-7H,2H2,1H3;1-3H,8H2;1-3H,7H2;1-4H,5H2. The van der Waals surface area contributed by atoms with Gasteiger partial charge in [-0.1, -0.05) is 110 Å². The third kappa shape index (κ3) is 17.1. The number of fused-ring (bicyclic) bond motifs is 1. The van der Waals surface area contributed by atoms with E-state index in [4.69, 9.17) is 28.8 Å². The number of aromatic nitrogens is 1. The Hall–Kier alpha value is -7.32. The highest BCUT2D eigenvalue weighted by atomic mass is 35.5. The van der Waals surface area contributed by atoms with Crippen LogP contribution in [0.25, 0.3) is 10.9 Å². The molecule has 0 saturated carbocycles. The summed E-state index contributed by atoms with van der Waals surface area (Å²) in [7, 11) is 4.07. The second-order valence-corrected chi connectivity index (χ2v) is 12.2. The summed E-state index contributed by atoms with van der Waals surface area (Å²) in [6.07, 6.45) is 12.4. The van der Waals surface area contributed by atoms with Gasteiger partial charge in [0.1, 0.15) is 11.4 Å². The largest absolute Gasteiger partial charge is 0.397 e. The smallest absolute Gasteiger partial charge is 0.298 e. The molecule has 0 atom stereocenters. The van der Waals surface area contributed by atoms with Gasteiger partial charge in [-0.15, -0.1) is 0 Å². The zero-order valence-corrected chi connectivity index (χ0v) is 32.5. The number of nitrogen functional groups attached to an aromatic ring is 3. The average molecular weight is 793 g/mol. The van der Waals surface area contributed by atoms with Gasteiger partial charge in [0.25, 0.3) is 17.1 Å². The van der Waals surface area contributed by atoms with Gasteiger partial charge in [-0.25, -0.2) is 0 Å². The van der Waals surface area contributed by atoms with Crippen LogP contribution in [-0.2, 0) is 6.42 Å². The van der Waals surface area contributed by atoms with Gasteiger partial charge in [-0.05, 0) is 60.9 Å². The Morgan fingerprint density at radius 2 is 1.19 bits per heavy atom. The van der Waals surface area contributed by atoms with Gasteiger partial charge in [0.2, 0.25) is 0 Å². The van der Waals surface area contributed by atoms with Crippen LogP contribution in [0.1, 0.15) is 18.9 Å². The van der Waals surface area contributed by atoms with Crippen molar-refractivity contribution < 1.29 is 14.8 Å². The Labute approximate surface area is 336 Å². The molecule has 0 radical (unpaired) electrons. The zero-order valence-electron chi connectivity index (χ0n) is 31.7. The maximum Gasteiger partial charge on any atom is 0.298 e. The lowest BCUT2D eigenvalue weighted by atomic mass is 10.2. The van der Waals surface area contributed by atoms with E-state index in [1.165, 1.54) is 29.4 Å². The van der Waals surface area contributed by atoms with Gasteiger partial charge >= 0.3 is 0 Å². The van der Waals surface area contributed by atoms with Crippen molar-refractivity contribution in [2.24, 2.45) is 0 Å². The highest BCUT2D eigenvalue weighted by molar-refractivity contribution is 6.30. The SMILES string of the molecule is C1=CCC=C1.CCc1ccccc1.CN(C)c1ccccc1.Nc1ccc(Cl)cc1[N+](=O)[O-].Nc1ccc([N+](=O)[O-])cc1[N+](=O)[O-].Nc1cccc2cccnc12.